The highest BCUT2D eigenvalue weighted by Gasteiger charge is 2.37. The van der Waals surface area contributed by atoms with Gasteiger partial charge in [0.25, 0.3) is 0 Å². The van der Waals surface area contributed by atoms with Gasteiger partial charge in [0.05, 0.1) is 0 Å². The first kappa shape index (κ1) is 37.7. The largest absolute Gasteiger partial charge is 0.507 e. The molecule has 0 heterocycles. The number of phenols is 1. The van der Waals surface area contributed by atoms with E-state index in [4.69, 9.17) is 0 Å². The van der Waals surface area contributed by atoms with Gasteiger partial charge in [-0.15, -0.1) is 0 Å². The van der Waals surface area contributed by atoms with Crippen molar-refractivity contribution in [3.8, 4) is 16.9 Å². The number of rotatable bonds is 10. The maximum Gasteiger partial charge on any atom is 0.190 e. The van der Waals surface area contributed by atoms with Gasteiger partial charge in [0.1, 0.15) is 5.75 Å². The van der Waals surface area contributed by atoms with Crippen molar-refractivity contribution >= 4 is 32.9 Å². The van der Waals surface area contributed by atoms with E-state index < -0.39 is 10.8 Å². The molecule has 0 spiro atoms. The molecule has 0 saturated heterocycles. The standard InChI is InChI=1S/C55H50O2/c1-6-54(4,46-22-10-8-11-23-46)50-32-38(31-48(52(50)56)43-28-26-39-18-14-16-20-41(39)33-43)30-37(3)45-35-49(44-29-27-40-19-15-17-21-42(40)34-44)53(57)51(36-45)55(5,7-2)47-24-12-9-13-25-47/h8-29,31-36,56H,6-7,30H2,1-5H3. The molecule has 282 valence electrons. The van der Waals surface area contributed by atoms with Gasteiger partial charge < -0.3 is 5.11 Å². The van der Waals surface area contributed by atoms with Crippen molar-refractivity contribution in [3.05, 3.63) is 214 Å². The molecule has 0 bridgehead atoms. The minimum Gasteiger partial charge on any atom is -0.507 e. The average Bonchev–Trinajstić information content (AvgIpc) is 3.26. The molecule has 2 nitrogen and oxygen atoms in total. The van der Waals surface area contributed by atoms with E-state index >= 15 is 0 Å². The normalized spacial score (nSPS) is 16.1. The first-order valence-electron chi connectivity index (χ1n) is 20.3. The van der Waals surface area contributed by atoms with E-state index in [2.05, 4.69) is 180 Å². The zero-order valence-electron chi connectivity index (χ0n) is 33.6. The summed E-state index contributed by atoms with van der Waals surface area (Å²) >= 11 is 0. The number of phenolic OH excluding ortho intramolecular Hbond substituents is 1. The molecule has 2 heteroatoms. The number of carbonyl (C=O) groups excluding carboxylic acids is 1. The van der Waals surface area contributed by atoms with Crippen LogP contribution in [0.2, 0.25) is 0 Å². The Hall–Kier alpha value is -6.25. The summed E-state index contributed by atoms with van der Waals surface area (Å²) in [5.41, 5.74) is 9.86. The molecule has 0 aromatic heterocycles. The SMILES string of the molecule is CCC(C)(C1=CC(=C(C)Cc2cc(-c3ccc4ccccc4c3)c(O)c(C(C)(CC)c3ccccc3)c2)C=C(c2ccc3ccccc3c2)C1=O)c1ccccc1. The van der Waals surface area contributed by atoms with Crippen LogP contribution in [0, 0.1) is 0 Å². The van der Waals surface area contributed by atoms with Gasteiger partial charge in [0.2, 0.25) is 0 Å². The number of hydrogen-bond acceptors (Lipinski definition) is 2. The van der Waals surface area contributed by atoms with Gasteiger partial charge in [-0.1, -0.05) is 173 Å². The highest BCUT2D eigenvalue weighted by molar-refractivity contribution is 6.31. The van der Waals surface area contributed by atoms with E-state index in [0.29, 0.717) is 17.7 Å². The van der Waals surface area contributed by atoms with Crippen molar-refractivity contribution in [2.75, 3.05) is 0 Å². The Balaban J connectivity index is 1.32. The minimum absolute atomic E-state index is 0.0714. The van der Waals surface area contributed by atoms with Crippen LogP contribution in [0.5, 0.6) is 5.75 Å². The number of Topliss-reactive ketones (excluding diaryl/α,β-unsaturated/α-hetero) is 1. The molecule has 2 atom stereocenters. The third kappa shape index (κ3) is 6.95. The Morgan fingerprint density at radius 2 is 1.07 bits per heavy atom. The fourth-order valence-corrected chi connectivity index (χ4v) is 8.77. The number of carbonyl (C=O) groups is 1. The maximum absolute atomic E-state index is 14.8. The second kappa shape index (κ2) is 15.4. The second-order valence-corrected chi connectivity index (χ2v) is 16.1. The van der Waals surface area contributed by atoms with Gasteiger partial charge in [0, 0.05) is 33.1 Å². The third-order valence-electron chi connectivity index (χ3n) is 12.8. The highest BCUT2D eigenvalue weighted by atomic mass is 16.3. The van der Waals surface area contributed by atoms with E-state index in [-0.39, 0.29) is 5.78 Å². The number of hydrogen-bond donors (Lipinski definition) is 1. The van der Waals surface area contributed by atoms with Crippen LogP contribution in [-0.4, -0.2) is 10.9 Å². The summed E-state index contributed by atoms with van der Waals surface area (Å²) in [6.45, 7) is 11.0. The monoisotopic (exact) mass is 742 g/mol. The van der Waals surface area contributed by atoms with Crippen molar-refractivity contribution in [1.82, 2.24) is 0 Å². The van der Waals surface area contributed by atoms with Gasteiger partial charge in [-0.05, 0) is 111 Å². The van der Waals surface area contributed by atoms with Gasteiger partial charge in [-0.25, -0.2) is 0 Å². The van der Waals surface area contributed by atoms with Crippen LogP contribution in [0.25, 0.3) is 38.2 Å². The van der Waals surface area contributed by atoms with Gasteiger partial charge in [-0.3, -0.25) is 4.79 Å². The Labute approximate surface area is 337 Å². The molecule has 0 aliphatic heterocycles. The van der Waals surface area contributed by atoms with Crippen LogP contribution >= 0.6 is 0 Å². The lowest BCUT2D eigenvalue weighted by Crippen LogP contribution is -2.30. The zero-order chi connectivity index (χ0) is 39.7. The Kier molecular flexibility index (Phi) is 10.1. The topological polar surface area (TPSA) is 37.3 Å². The first-order valence-corrected chi connectivity index (χ1v) is 20.3. The van der Waals surface area contributed by atoms with Gasteiger partial charge >= 0.3 is 0 Å². The molecule has 7 aromatic rings. The number of aromatic hydroxyl groups is 1. The number of fused-ring (bicyclic) bond motifs is 2. The quantitative estimate of drug-likeness (QED) is 0.151. The summed E-state index contributed by atoms with van der Waals surface area (Å²) in [6, 6.07) is 54.9. The summed E-state index contributed by atoms with van der Waals surface area (Å²) in [6.07, 6.45) is 6.50. The van der Waals surface area contributed by atoms with Gasteiger partial charge in [-0.2, -0.15) is 0 Å². The van der Waals surface area contributed by atoms with E-state index in [1.807, 2.05) is 24.3 Å². The predicted molar refractivity (Wildman–Crippen MR) is 240 cm³/mol. The third-order valence-corrected chi connectivity index (χ3v) is 12.8. The van der Waals surface area contributed by atoms with Crippen LogP contribution in [0.1, 0.15) is 75.3 Å². The summed E-state index contributed by atoms with van der Waals surface area (Å²) in [5.74, 6) is 0.389. The number of benzene rings is 7. The molecule has 1 aliphatic carbocycles. The summed E-state index contributed by atoms with van der Waals surface area (Å²) in [5, 5.41) is 16.9. The Morgan fingerprint density at radius 3 is 1.65 bits per heavy atom. The molecule has 0 fully saturated rings. The van der Waals surface area contributed by atoms with Crippen LogP contribution in [0.15, 0.2) is 187 Å². The van der Waals surface area contributed by atoms with Crippen molar-refractivity contribution in [1.29, 1.82) is 0 Å². The smallest absolute Gasteiger partial charge is 0.190 e. The molecule has 8 rings (SSSR count). The van der Waals surface area contributed by atoms with Gasteiger partial charge in [0.15, 0.2) is 5.78 Å². The predicted octanol–water partition coefficient (Wildman–Crippen LogP) is 13.9. The lowest BCUT2D eigenvalue weighted by Gasteiger charge is -2.34. The van der Waals surface area contributed by atoms with Crippen molar-refractivity contribution in [2.45, 2.75) is 64.7 Å². The molecule has 1 N–H and O–H groups in total. The highest BCUT2D eigenvalue weighted by Crippen LogP contribution is 2.46. The first-order chi connectivity index (χ1) is 27.6. The molecule has 7 aromatic carbocycles. The average molecular weight is 743 g/mol. The molecule has 57 heavy (non-hydrogen) atoms. The lowest BCUT2D eigenvalue weighted by molar-refractivity contribution is -0.111. The van der Waals surface area contributed by atoms with E-state index in [0.717, 1.165) is 79.1 Å². The maximum atomic E-state index is 14.8. The fourth-order valence-electron chi connectivity index (χ4n) is 8.77. The van der Waals surface area contributed by atoms with E-state index in [1.165, 1.54) is 10.9 Å². The van der Waals surface area contributed by atoms with Crippen LogP contribution in [-0.2, 0) is 22.0 Å². The summed E-state index contributed by atoms with van der Waals surface area (Å²) in [7, 11) is 0. The zero-order valence-corrected chi connectivity index (χ0v) is 33.6. The molecule has 1 aliphatic rings. The second-order valence-electron chi connectivity index (χ2n) is 16.1. The Morgan fingerprint density at radius 1 is 0.561 bits per heavy atom. The summed E-state index contributed by atoms with van der Waals surface area (Å²) < 4.78 is 0. The number of ketones is 1. The van der Waals surface area contributed by atoms with Crippen LogP contribution in [0.4, 0.5) is 0 Å². The number of allylic oxidation sites excluding steroid dienone is 6. The fraction of sp³-hybridized carbons (Fsp3) is 0.182. The van der Waals surface area contributed by atoms with Crippen molar-refractivity contribution in [3.63, 3.8) is 0 Å². The molecule has 2 unspecified atom stereocenters. The molecule has 0 saturated carbocycles. The minimum atomic E-state index is -0.492. The van der Waals surface area contributed by atoms with E-state index in [9.17, 15) is 9.90 Å². The molecular weight excluding hydrogens is 693 g/mol. The van der Waals surface area contributed by atoms with Crippen molar-refractivity contribution in [2.24, 2.45) is 0 Å². The van der Waals surface area contributed by atoms with E-state index in [1.54, 1.807) is 0 Å². The van der Waals surface area contributed by atoms with Crippen molar-refractivity contribution < 1.29 is 9.90 Å². The van der Waals surface area contributed by atoms with Crippen LogP contribution < -0.4 is 0 Å². The van der Waals surface area contributed by atoms with Crippen LogP contribution in [0.3, 0.4) is 0 Å². The lowest BCUT2D eigenvalue weighted by atomic mass is 9.68. The molecular formula is C55H50O2. The molecule has 0 amide bonds. The molecule has 0 radical (unpaired) electrons. The Bertz CT molecular complexity index is 2730. The summed E-state index contributed by atoms with van der Waals surface area (Å²) in [4.78, 5) is 14.8.